The summed E-state index contributed by atoms with van der Waals surface area (Å²) < 4.78 is 25.0. The van der Waals surface area contributed by atoms with Crippen LogP contribution in [-0.4, -0.2) is 27.2 Å². The molecule has 0 aliphatic heterocycles. The van der Waals surface area contributed by atoms with Crippen LogP contribution in [0.4, 0.5) is 10.2 Å². The highest BCUT2D eigenvalue weighted by molar-refractivity contribution is 9.10. The molecule has 3 aromatic rings. The van der Waals surface area contributed by atoms with E-state index in [4.69, 9.17) is 10.5 Å². The van der Waals surface area contributed by atoms with Crippen molar-refractivity contribution in [1.82, 2.24) is 14.3 Å². The number of rotatable bonds is 7. The fourth-order valence-corrected chi connectivity index (χ4v) is 4.12. The van der Waals surface area contributed by atoms with Crippen LogP contribution in [0.2, 0.25) is 0 Å². The van der Waals surface area contributed by atoms with Crippen molar-refractivity contribution in [3.8, 4) is 5.75 Å². The Balaban J connectivity index is 1.84. The van der Waals surface area contributed by atoms with E-state index in [-0.39, 0.29) is 11.7 Å². The zero-order chi connectivity index (χ0) is 21.8. The van der Waals surface area contributed by atoms with E-state index in [9.17, 15) is 9.18 Å². The topological polar surface area (TPSA) is 81.3 Å². The number of hydrogen-bond donors (Lipinski definition) is 1. The van der Waals surface area contributed by atoms with Crippen molar-refractivity contribution in [2.45, 2.75) is 32.9 Å². The SMILES string of the molecule is CCc1cc(CN(C)C(=O)c2ccc(F)cc2[C@@H](C)Oc2cc(Br)cnc2N)sn1. The summed E-state index contributed by atoms with van der Waals surface area (Å²) in [6.07, 6.45) is 1.78. The molecule has 0 saturated carbocycles. The molecule has 0 bridgehead atoms. The van der Waals surface area contributed by atoms with E-state index in [2.05, 4.69) is 25.3 Å². The van der Waals surface area contributed by atoms with Gasteiger partial charge >= 0.3 is 0 Å². The minimum atomic E-state index is -0.624. The first-order valence-electron chi connectivity index (χ1n) is 9.35. The Morgan fingerprint density at radius 2 is 2.13 bits per heavy atom. The highest BCUT2D eigenvalue weighted by Crippen LogP contribution is 2.30. The number of anilines is 1. The van der Waals surface area contributed by atoms with E-state index in [0.29, 0.717) is 27.9 Å². The second kappa shape index (κ2) is 9.53. The highest BCUT2D eigenvalue weighted by atomic mass is 79.9. The number of ether oxygens (including phenoxy) is 1. The van der Waals surface area contributed by atoms with Crippen LogP contribution in [-0.2, 0) is 13.0 Å². The van der Waals surface area contributed by atoms with Gasteiger partial charge in [-0.05, 0) is 71.1 Å². The monoisotopic (exact) mass is 492 g/mol. The smallest absolute Gasteiger partial charge is 0.254 e. The summed E-state index contributed by atoms with van der Waals surface area (Å²) in [6, 6.07) is 7.75. The summed E-state index contributed by atoms with van der Waals surface area (Å²) in [4.78, 5) is 19.7. The fraction of sp³-hybridized carbons (Fsp3) is 0.286. The summed E-state index contributed by atoms with van der Waals surface area (Å²) in [5.74, 6) is -0.115. The summed E-state index contributed by atoms with van der Waals surface area (Å²) >= 11 is 4.71. The summed E-state index contributed by atoms with van der Waals surface area (Å²) in [6.45, 7) is 4.20. The van der Waals surface area contributed by atoms with Crippen LogP contribution < -0.4 is 10.5 Å². The summed E-state index contributed by atoms with van der Waals surface area (Å²) in [5, 5.41) is 0. The number of nitrogens with zero attached hydrogens (tertiary/aromatic N) is 3. The number of hydrogen-bond acceptors (Lipinski definition) is 6. The maximum Gasteiger partial charge on any atom is 0.254 e. The van der Waals surface area contributed by atoms with Gasteiger partial charge in [-0.15, -0.1) is 0 Å². The van der Waals surface area contributed by atoms with Crippen LogP contribution in [0.25, 0.3) is 0 Å². The van der Waals surface area contributed by atoms with Gasteiger partial charge in [0, 0.05) is 33.7 Å². The third kappa shape index (κ3) is 5.14. The fourth-order valence-electron chi connectivity index (χ4n) is 2.95. The van der Waals surface area contributed by atoms with Gasteiger partial charge in [-0.3, -0.25) is 4.79 Å². The quantitative estimate of drug-likeness (QED) is 0.501. The van der Waals surface area contributed by atoms with Gasteiger partial charge in [0.15, 0.2) is 11.6 Å². The van der Waals surface area contributed by atoms with Gasteiger partial charge in [0.1, 0.15) is 11.9 Å². The molecular formula is C21H22BrFN4O2S. The lowest BCUT2D eigenvalue weighted by molar-refractivity contribution is 0.0781. The second-order valence-electron chi connectivity index (χ2n) is 6.83. The molecule has 30 heavy (non-hydrogen) atoms. The molecule has 158 valence electrons. The van der Waals surface area contributed by atoms with E-state index >= 15 is 0 Å². The number of halogens is 2. The molecule has 0 unspecified atom stereocenters. The molecule has 0 spiro atoms. The van der Waals surface area contributed by atoms with E-state index < -0.39 is 11.9 Å². The first-order valence-corrected chi connectivity index (χ1v) is 10.9. The average Bonchev–Trinajstić information content (AvgIpc) is 3.17. The number of carbonyl (C=O) groups is 1. The largest absolute Gasteiger partial charge is 0.482 e. The van der Waals surface area contributed by atoms with E-state index in [1.165, 1.54) is 29.7 Å². The van der Waals surface area contributed by atoms with Gasteiger partial charge in [0.05, 0.1) is 12.2 Å². The Kier molecular flexibility index (Phi) is 7.04. The van der Waals surface area contributed by atoms with Crippen molar-refractivity contribution < 1.29 is 13.9 Å². The predicted molar refractivity (Wildman–Crippen MR) is 119 cm³/mol. The van der Waals surface area contributed by atoms with Crippen LogP contribution in [0, 0.1) is 5.82 Å². The van der Waals surface area contributed by atoms with Gasteiger partial charge in [-0.25, -0.2) is 9.37 Å². The standard InChI is InChI=1S/C21H22BrFN4O2S/c1-4-15-9-16(30-26-15)11-27(3)21(28)17-6-5-14(23)8-18(17)12(2)29-19-7-13(22)10-25-20(19)24/h5-10,12H,4,11H2,1-3H3,(H2,24,25)/t12-/m1/s1. The van der Waals surface area contributed by atoms with Crippen molar-refractivity contribution in [3.63, 3.8) is 0 Å². The molecule has 0 aliphatic carbocycles. The minimum absolute atomic E-state index is 0.211. The predicted octanol–water partition coefficient (Wildman–Crippen LogP) is 5.00. The van der Waals surface area contributed by atoms with Crippen molar-refractivity contribution >= 4 is 39.2 Å². The third-order valence-electron chi connectivity index (χ3n) is 4.54. The van der Waals surface area contributed by atoms with Gasteiger partial charge in [0.25, 0.3) is 5.91 Å². The van der Waals surface area contributed by atoms with E-state index in [1.54, 1.807) is 31.1 Å². The van der Waals surface area contributed by atoms with Gasteiger partial charge in [0.2, 0.25) is 0 Å². The van der Waals surface area contributed by atoms with Crippen LogP contribution in [0.3, 0.4) is 0 Å². The number of aryl methyl sites for hydroxylation is 1. The van der Waals surface area contributed by atoms with Gasteiger partial charge in [-0.2, -0.15) is 4.37 Å². The molecule has 0 fully saturated rings. The van der Waals surface area contributed by atoms with Crippen molar-refractivity contribution in [1.29, 1.82) is 0 Å². The molecule has 2 heterocycles. The molecule has 2 N–H and O–H groups in total. The number of nitrogen functional groups attached to an aromatic ring is 1. The Labute approximate surface area is 187 Å². The molecule has 9 heteroatoms. The number of aromatic nitrogens is 2. The van der Waals surface area contributed by atoms with Gasteiger partial charge in [-0.1, -0.05) is 6.92 Å². The number of pyridine rings is 1. The minimum Gasteiger partial charge on any atom is -0.482 e. The zero-order valence-corrected chi connectivity index (χ0v) is 19.3. The molecule has 6 nitrogen and oxygen atoms in total. The zero-order valence-electron chi connectivity index (χ0n) is 16.9. The number of carbonyl (C=O) groups excluding carboxylic acids is 1. The van der Waals surface area contributed by atoms with Crippen LogP contribution in [0.1, 0.15) is 46.4 Å². The average molecular weight is 493 g/mol. The Morgan fingerprint density at radius 3 is 2.83 bits per heavy atom. The molecular weight excluding hydrogens is 471 g/mol. The lowest BCUT2D eigenvalue weighted by Gasteiger charge is -2.22. The van der Waals surface area contributed by atoms with Crippen molar-refractivity contribution in [3.05, 3.63) is 68.5 Å². The maximum absolute atomic E-state index is 14.0. The lowest BCUT2D eigenvalue weighted by Crippen LogP contribution is -2.27. The third-order valence-corrected chi connectivity index (χ3v) is 5.78. The Hall–Kier alpha value is -2.52. The Morgan fingerprint density at radius 1 is 1.37 bits per heavy atom. The lowest BCUT2D eigenvalue weighted by atomic mass is 10.0. The second-order valence-corrected chi connectivity index (χ2v) is 8.63. The molecule has 1 aromatic carbocycles. The van der Waals surface area contributed by atoms with Gasteiger partial charge < -0.3 is 15.4 Å². The number of nitrogens with two attached hydrogens (primary N) is 1. The normalized spacial score (nSPS) is 11.9. The molecule has 1 atom stereocenters. The first kappa shape index (κ1) is 22.2. The molecule has 0 aliphatic rings. The van der Waals surface area contributed by atoms with E-state index in [0.717, 1.165) is 17.0 Å². The molecule has 3 rings (SSSR count). The highest BCUT2D eigenvalue weighted by Gasteiger charge is 2.22. The Bertz CT molecular complexity index is 1060. The maximum atomic E-state index is 14.0. The van der Waals surface area contributed by atoms with E-state index in [1.807, 2.05) is 13.0 Å². The summed E-state index contributed by atoms with van der Waals surface area (Å²) in [5.41, 5.74) is 7.68. The molecule has 0 radical (unpaired) electrons. The molecule has 0 saturated heterocycles. The molecule has 2 aromatic heterocycles. The number of benzene rings is 1. The molecule has 1 amide bonds. The van der Waals surface area contributed by atoms with Crippen LogP contribution >= 0.6 is 27.5 Å². The van der Waals surface area contributed by atoms with Crippen LogP contribution in [0.5, 0.6) is 5.75 Å². The van der Waals surface area contributed by atoms with Crippen molar-refractivity contribution in [2.24, 2.45) is 0 Å². The summed E-state index contributed by atoms with van der Waals surface area (Å²) in [7, 11) is 1.71. The first-order chi connectivity index (χ1) is 14.3. The van der Waals surface area contributed by atoms with Crippen molar-refractivity contribution in [2.75, 3.05) is 12.8 Å². The number of amides is 1. The van der Waals surface area contributed by atoms with Crippen LogP contribution in [0.15, 0.2) is 41.0 Å².